The van der Waals surface area contributed by atoms with E-state index < -0.39 is 11.8 Å². The van der Waals surface area contributed by atoms with Crippen molar-refractivity contribution in [1.82, 2.24) is 5.32 Å². The molecule has 0 bridgehead atoms. The van der Waals surface area contributed by atoms with Crippen LogP contribution >= 0.6 is 0 Å². The van der Waals surface area contributed by atoms with Gasteiger partial charge < -0.3 is 14.8 Å². The van der Waals surface area contributed by atoms with Gasteiger partial charge in [0, 0.05) is 23.7 Å². The highest BCUT2D eigenvalue weighted by Gasteiger charge is 2.14. The molecule has 1 aromatic carbocycles. The van der Waals surface area contributed by atoms with Gasteiger partial charge >= 0.3 is 5.97 Å². The molecular weight excluding hydrogens is 273 g/mol. The Labute approximate surface area is 122 Å². The van der Waals surface area contributed by atoms with Gasteiger partial charge in [0.05, 0.1) is 5.56 Å². The number of aryl methyl sites for hydroxylation is 2. The second-order valence-corrected chi connectivity index (χ2v) is 5.08. The van der Waals surface area contributed by atoms with Crippen LogP contribution < -0.4 is 5.32 Å². The van der Waals surface area contributed by atoms with Crippen LogP contribution in [0.25, 0.3) is 0 Å². The standard InChI is InChI=1S/C16H18FNO3/c1-9-6-14(11(3)21-9)10(2)18-8-13-7-12(16(19)20)4-5-15(13)17/h4-7,10,18H,8H2,1-3H3,(H,19,20). The minimum absolute atomic E-state index is 0.0182. The molecule has 0 fully saturated rings. The predicted octanol–water partition coefficient (Wildman–Crippen LogP) is 3.58. The maximum atomic E-state index is 13.7. The molecule has 0 amide bonds. The maximum absolute atomic E-state index is 13.7. The average Bonchev–Trinajstić information content (AvgIpc) is 2.76. The minimum atomic E-state index is -1.06. The van der Waals surface area contributed by atoms with Gasteiger partial charge in [0.2, 0.25) is 0 Å². The number of rotatable bonds is 5. The molecule has 0 aliphatic rings. The summed E-state index contributed by atoms with van der Waals surface area (Å²) in [6.07, 6.45) is 0. The summed E-state index contributed by atoms with van der Waals surface area (Å²) in [5.41, 5.74) is 1.43. The first-order chi connectivity index (χ1) is 9.88. The summed E-state index contributed by atoms with van der Waals surface area (Å²) in [5.74, 6) is 0.174. The summed E-state index contributed by atoms with van der Waals surface area (Å²) in [6, 6.07) is 5.71. The molecule has 0 aliphatic carbocycles. The van der Waals surface area contributed by atoms with Crippen LogP contribution in [0, 0.1) is 19.7 Å². The first-order valence-corrected chi connectivity index (χ1v) is 6.70. The molecule has 5 heteroatoms. The Morgan fingerprint density at radius 1 is 1.38 bits per heavy atom. The van der Waals surface area contributed by atoms with Crippen LogP contribution in [-0.2, 0) is 6.54 Å². The number of hydrogen-bond acceptors (Lipinski definition) is 3. The molecule has 1 heterocycles. The third kappa shape index (κ3) is 3.49. The van der Waals surface area contributed by atoms with Crippen molar-refractivity contribution in [2.24, 2.45) is 0 Å². The summed E-state index contributed by atoms with van der Waals surface area (Å²) in [4.78, 5) is 10.9. The lowest BCUT2D eigenvalue weighted by molar-refractivity contribution is 0.0696. The van der Waals surface area contributed by atoms with Crippen molar-refractivity contribution in [1.29, 1.82) is 0 Å². The van der Waals surface area contributed by atoms with E-state index in [1.165, 1.54) is 18.2 Å². The molecule has 112 valence electrons. The number of aromatic carboxylic acids is 1. The van der Waals surface area contributed by atoms with Crippen molar-refractivity contribution in [3.05, 3.63) is 58.3 Å². The van der Waals surface area contributed by atoms with Crippen molar-refractivity contribution in [2.75, 3.05) is 0 Å². The molecular formula is C16H18FNO3. The number of carboxylic acids is 1. The number of benzene rings is 1. The number of carboxylic acid groups (broad SMARTS) is 1. The van der Waals surface area contributed by atoms with E-state index in [-0.39, 0.29) is 18.2 Å². The van der Waals surface area contributed by atoms with Crippen molar-refractivity contribution >= 4 is 5.97 Å². The fraction of sp³-hybridized carbons (Fsp3) is 0.312. The summed E-state index contributed by atoms with van der Waals surface area (Å²) in [6.45, 7) is 5.96. The van der Waals surface area contributed by atoms with Gasteiger partial charge in [0.1, 0.15) is 17.3 Å². The number of halogens is 1. The lowest BCUT2D eigenvalue weighted by Gasteiger charge is -2.14. The maximum Gasteiger partial charge on any atom is 0.335 e. The molecule has 21 heavy (non-hydrogen) atoms. The topological polar surface area (TPSA) is 62.5 Å². The molecule has 4 nitrogen and oxygen atoms in total. The van der Waals surface area contributed by atoms with Crippen LogP contribution in [0.5, 0.6) is 0 Å². The Bertz CT molecular complexity index is 664. The molecule has 1 aromatic heterocycles. The first-order valence-electron chi connectivity index (χ1n) is 6.70. The van der Waals surface area contributed by atoms with Gasteiger partial charge in [-0.25, -0.2) is 9.18 Å². The SMILES string of the molecule is Cc1cc(C(C)NCc2cc(C(=O)O)ccc2F)c(C)o1. The summed E-state index contributed by atoms with van der Waals surface area (Å²) >= 11 is 0. The lowest BCUT2D eigenvalue weighted by Crippen LogP contribution is -2.19. The summed E-state index contributed by atoms with van der Waals surface area (Å²) < 4.78 is 19.2. The Balaban J connectivity index is 2.11. The van der Waals surface area contributed by atoms with E-state index in [0.717, 1.165) is 17.1 Å². The molecule has 0 saturated carbocycles. The molecule has 1 atom stereocenters. The van der Waals surface area contributed by atoms with E-state index in [0.29, 0.717) is 5.56 Å². The number of carbonyl (C=O) groups is 1. The molecule has 0 spiro atoms. The third-order valence-corrected chi connectivity index (χ3v) is 3.44. The number of furan rings is 1. The van der Waals surface area contributed by atoms with Gasteiger partial charge in [0.15, 0.2) is 0 Å². The molecule has 0 radical (unpaired) electrons. The van der Waals surface area contributed by atoms with E-state index in [9.17, 15) is 9.18 Å². The highest BCUT2D eigenvalue weighted by atomic mass is 19.1. The molecule has 2 rings (SSSR count). The van der Waals surface area contributed by atoms with Crippen LogP contribution in [-0.4, -0.2) is 11.1 Å². The van der Waals surface area contributed by atoms with Crippen LogP contribution in [0.2, 0.25) is 0 Å². The Morgan fingerprint density at radius 2 is 2.10 bits per heavy atom. The van der Waals surface area contributed by atoms with Crippen LogP contribution in [0.15, 0.2) is 28.7 Å². The molecule has 0 aliphatic heterocycles. The van der Waals surface area contributed by atoms with Gasteiger partial charge in [-0.2, -0.15) is 0 Å². The number of hydrogen-bond donors (Lipinski definition) is 2. The van der Waals surface area contributed by atoms with E-state index in [2.05, 4.69) is 5.32 Å². The number of nitrogens with one attached hydrogen (secondary N) is 1. The van der Waals surface area contributed by atoms with Crippen LogP contribution in [0.1, 0.15) is 46.0 Å². The quantitative estimate of drug-likeness (QED) is 0.883. The second kappa shape index (κ2) is 6.10. The smallest absolute Gasteiger partial charge is 0.335 e. The van der Waals surface area contributed by atoms with E-state index in [1.54, 1.807) is 0 Å². The molecule has 0 saturated heterocycles. The van der Waals surface area contributed by atoms with Crippen LogP contribution in [0.3, 0.4) is 0 Å². The predicted molar refractivity (Wildman–Crippen MR) is 76.8 cm³/mol. The third-order valence-electron chi connectivity index (χ3n) is 3.44. The average molecular weight is 291 g/mol. The highest BCUT2D eigenvalue weighted by molar-refractivity contribution is 5.87. The normalized spacial score (nSPS) is 12.4. The first kappa shape index (κ1) is 15.3. The molecule has 2 N–H and O–H groups in total. The van der Waals surface area contributed by atoms with Crippen molar-refractivity contribution < 1.29 is 18.7 Å². The van der Waals surface area contributed by atoms with E-state index in [4.69, 9.17) is 9.52 Å². The Hall–Kier alpha value is -2.14. The molecule has 2 aromatic rings. The second-order valence-electron chi connectivity index (χ2n) is 5.08. The van der Waals surface area contributed by atoms with Crippen molar-refractivity contribution in [3.63, 3.8) is 0 Å². The Kier molecular flexibility index (Phi) is 4.43. The zero-order valence-corrected chi connectivity index (χ0v) is 12.2. The Morgan fingerprint density at radius 3 is 2.67 bits per heavy atom. The molecule has 1 unspecified atom stereocenters. The van der Waals surface area contributed by atoms with Gasteiger partial charge in [0.25, 0.3) is 0 Å². The van der Waals surface area contributed by atoms with Gasteiger partial charge in [-0.1, -0.05) is 0 Å². The van der Waals surface area contributed by atoms with Gasteiger partial charge in [-0.05, 0) is 45.0 Å². The van der Waals surface area contributed by atoms with Crippen molar-refractivity contribution in [2.45, 2.75) is 33.4 Å². The monoisotopic (exact) mass is 291 g/mol. The summed E-state index contributed by atoms with van der Waals surface area (Å²) in [7, 11) is 0. The zero-order chi connectivity index (χ0) is 15.6. The van der Waals surface area contributed by atoms with E-state index >= 15 is 0 Å². The fourth-order valence-electron chi connectivity index (χ4n) is 2.30. The van der Waals surface area contributed by atoms with Crippen LogP contribution in [0.4, 0.5) is 4.39 Å². The summed E-state index contributed by atoms with van der Waals surface area (Å²) in [5, 5.41) is 12.1. The largest absolute Gasteiger partial charge is 0.478 e. The minimum Gasteiger partial charge on any atom is -0.478 e. The van der Waals surface area contributed by atoms with Gasteiger partial charge in [-0.3, -0.25) is 0 Å². The van der Waals surface area contributed by atoms with E-state index in [1.807, 2.05) is 26.8 Å². The zero-order valence-electron chi connectivity index (χ0n) is 12.2. The van der Waals surface area contributed by atoms with Gasteiger partial charge in [-0.15, -0.1) is 0 Å². The highest BCUT2D eigenvalue weighted by Crippen LogP contribution is 2.22. The van der Waals surface area contributed by atoms with Crippen molar-refractivity contribution in [3.8, 4) is 0 Å². The fourth-order valence-corrected chi connectivity index (χ4v) is 2.30. The lowest BCUT2D eigenvalue weighted by atomic mass is 10.1.